The number of methoxy groups -OCH3 is 1. The zero-order valence-electron chi connectivity index (χ0n) is 20.5. The largest absolute Gasteiger partial charge is 0.497 e. The fraction of sp³-hybridized carbons (Fsp3) is 0.310. The fourth-order valence-electron chi connectivity index (χ4n) is 4.78. The lowest BCUT2D eigenvalue weighted by atomic mass is 9.84. The van der Waals surface area contributed by atoms with Crippen LogP contribution >= 0.6 is 0 Å². The minimum absolute atomic E-state index is 0.0709. The maximum Gasteiger partial charge on any atom is 0.258 e. The number of anilines is 2. The minimum Gasteiger partial charge on any atom is -0.497 e. The van der Waals surface area contributed by atoms with Crippen molar-refractivity contribution in [2.24, 2.45) is 0 Å². The first-order valence-electron chi connectivity index (χ1n) is 11.8. The lowest BCUT2D eigenvalue weighted by Gasteiger charge is -2.40. The Balaban J connectivity index is 1.69. The summed E-state index contributed by atoms with van der Waals surface area (Å²) in [6, 6.07) is 21.0. The number of rotatable bonds is 5. The Morgan fingerprint density at radius 2 is 1.71 bits per heavy atom. The lowest BCUT2D eigenvalue weighted by molar-refractivity contribution is -0.120. The summed E-state index contributed by atoms with van der Waals surface area (Å²) >= 11 is 0. The summed E-state index contributed by atoms with van der Waals surface area (Å²) in [5.74, 6) is 0.393. The van der Waals surface area contributed by atoms with Gasteiger partial charge in [0.2, 0.25) is 5.91 Å². The number of fused-ring (bicyclic) bond motifs is 1. The molecule has 0 radical (unpaired) electrons. The molecule has 0 fully saturated rings. The monoisotopic (exact) mass is 456 g/mol. The molecule has 0 saturated carbocycles. The number of hydrogen-bond acceptors (Lipinski definition) is 3. The van der Waals surface area contributed by atoms with Crippen LogP contribution in [0.15, 0.2) is 66.7 Å². The quantitative estimate of drug-likeness (QED) is 0.481. The standard InChI is InChI=1S/C29H32N2O3/c1-6-30(23-14-11-19(2)20(3)17-23)29(33)26-18-21(4)31(27-10-8-7-9-25(26)27)28(32)22-12-15-24(34-5)16-13-22/h7-17,21,26H,6,18H2,1-5H3/t21-,26-/m0/s1. The maximum atomic E-state index is 13.9. The zero-order chi connectivity index (χ0) is 24.4. The van der Waals surface area contributed by atoms with Gasteiger partial charge in [0, 0.05) is 29.5 Å². The highest BCUT2D eigenvalue weighted by Gasteiger charge is 2.38. The predicted octanol–water partition coefficient (Wildman–Crippen LogP) is 5.89. The Morgan fingerprint density at radius 1 is 1.00 bits per heavy atom. The first-order chi connectivity index (χ1) is 16.3. The van der Waals surface area contributed by atoms with Gasteiger partial charge in [-0.05, 0) is 93.3 Å². The van der Waals surface area contributed by atoms with Gasteiger partial charge in [0.05, 0.1) is 13.0 Å². The SMILES string of the molecule is CCN(C(=O)[C@H]1C[C@H](C)N(C(=O)c2ccc(OC)cc2)c2ccccc21)c1ccc(C)c(C)c1. The van der Waals surface area contributed by atoms with Crippen LogP contribution in [0.4, 0.5) is 11.4 Å². The molecule has 0 spiro atoms. The summed E-state index contributed by atoms with van der Waals surface area (Å²) in [5, 5.41) is 0. The summed E-state index contributed by atoms with van der Waals surface area (Å²) in [6.45, 7) is 8.75. The van der Waals surface area contributed by atoms with Crippen LogP contribution in [0.2, 0.25) is 0 Å². The fourth-order valence-corrected chi connectivity index (χ4v) is 4.78. The van der Waals surface area contributed by atoms with Crippen molar-refractivity contribution >= 4 is 23.2 Å². The van der Waals surface area contributed by atoms with Crippen molar-refractivity contribution in [3.05, 3.63) is 89.0 Å². The van der Waals surface area contributed by atoms with Crippen molar-refractivity contribution in [2.75, 3.05) is 23.5 Å². The highest BCUT2D eigenvalue weighted by Crippen LogP contribution is 2.41. The molecule has 0 aromatic heterocycles. The van der Waals surface area contributed by atoms with Gasteiger partial charge in [-0.25, -0.2) is 0 Å². The minimum atomic E-state index is -0.312. The lowest BCUT2D eigenvalue weighted by Crippen LogP contribution is -2.46. The normalized spacial score (nSPS) is 17.1. The van der Waals surface area contributed by atoms with Crippen LogP contribution in [0.1, 0.15) is 53.2 Å². The number of aryl methyl sites for hydroxylation is 2. The Hall–Kier alpha value is -3.60. The summed E-state index contributed by atoms with van der Waals surface area (Å²) in [6.07, 6.45) is 0.569. The van der Waals surface area contributed by atoms with Crippen LogP contribution < -0.4 is 14.5 Å². The number of hydrogen-bond donors (Lipinski definition) is 0. The molecule has 5 heteroatoms. The molecule has 2 atom stereocenters. The van der Waals surface area contributed by atoms with Gasteiger partial charge in [-0.2, -0.15) is 0 Å². The average molecular weight is 457 g/mol. The van der Waals surface area contributed by atoms with Crippen LogP contribution in [-0.4, -0.2) is 31.5 Å². The third-order valence-corrected chi connectivity index (χ3v) is 6.83. The van der Waals surface area contributed by atoms with Gasteiger partial charge in [-0.3, -0.25) is 9.59 Å². The van der Waals surface area contributed by atoms with E-state index in [1.165, 1.54) is 5.56 Å². The summed E-state index contributed by atoms with van der Waals surface area (Å²) in [5.41, 5.74) is 5.58. The average Bonchev–Trinajstić information content (AvgIpc) is 2.85. The molecule has 3 aromatic carbocycles. The summed E-state index contributed by atoms with van der Waals surface area (Å²) in [7, 11) is 1.61. The molecule has 2 amide bonds. The number of benzene rings is 3. The molecule has 0 N–H and O–H groups in total. The van der Waals surface area contributed by atoms with Crippen LogP contribution in [0.25, 0.3) is 0 Å². The Labute approximate surface area is 202 Å². The highest BCUT2D eigenvalue weighted by molar-refractivity contribution is 6.09. The van der Waals surface area contributed by atoms with Gasteiger partial charge in [0.25, 0.3) is 5.91 Å². The molecular formula is C29H32N2O3. The van der Waals surface area contributed by atoms with Crippen LogP contribution in [0.5, 0.6) is 5.75 Å². The molecule has 1 aliphatic heterocycles. The van der Waals surface area contributed by atoms with E-state index in [0.29, 0.717) is 24.3 Å². The van der Waals surface area contributed by atoms with Crippen molar-refractivity contribution in [3.63, 3.8) is 0 Å². The smallest absolute Gasteiger partial charge is 0.258 e. The molecule has 0 unspecified atom stereocenters. The van der Waals surface area contributed by atoms with E-state index in [4.69, 9.17) is 4.74 Å². The van der Waals surface area contributed by atoms with E-state index in [2.05, 4.69) is 26.0 Å². The molecule has 3 aromatic rings. The molecule has 0 saturated heterocycles. The number of likely N-dealkylation sites (N-methyl/N-ethyl adjacent to an activating group) is 1. The number of carbonyl (C=O) groups is 2. The number of para-hydroxylation sites is 1. The number of nitrogens with zero attached hydrogens (tertiary/aromatic N) is 2. The second-order valence-corrected chi connectivity index (χ2v) is 8.95. The van der Waals surface area contributed by atoms with Crippen molar-refractivity contribution in [1.82, 2.24) is 0 Å². The molecule has 34 heavy (non-hydrogen) atoms. The summed E-state index contributed by atoms with van der Waals surface area (Å²) in [4.78, 5) is 31.1. The van der Waals surface area contributed by atoms with Crippen LogP contribution in [0, 0.1) is 13.8 Å². The van der Waals surface area contributed by atoms with Crippen LogP contribution in [-0.2, 0) is 4.79 Å². The summed E-state index contributed by atoms with van der Waals surface area (Å²) < 4.78 is 5.23. The van der Waals surface area contributed by atoms with Crippen molar-refractivity contribution in [1.29, 1.82) is 0 Å². The zero-order valence-corrected chi connectivity index (χ0v) is 20.5. The Morgan fingerprint density at radius 3 is 2.35 bits per heavy atom. The number of amides is 2. The Bertz CT molecular complexity index is 1200. The van der Waals surface area contributed by atoms with Crippen LogP contribution in [0.3, 0.4) is 0 Å². The molecular weight excluding hydrogens is 424 g/mol. The molecule has 0 bridgehead atoms. The van der Waals surface area contributed by atoms with Crippen molar-refractivity contribution in [3.8, 4) is 5.75 Å². The molecule has 4 rings (SSSR count). The first-order valence-corrected chi connectivity index (χ1v) is 11.8. The van der Waals surface area contributed by atoms with E-state index in [9.17, 15) is 9.59 Å². The van der Waals surface area contributed by atoms with Gasteiger partial charge in [-0.1, -0.05) is 24.3 Å². The second kappa shape index (κ2) is 9.72. The maximum absolute atomic E-state index is 13.9. The van der Waals surface area contributed by atoms with Crippen molar-refractivity contribution < 1.29 is 14.3 Å². The number of ether oxygens (including phenoxy) is 1. The van der Waals surface area contributed by atoms with E-state index in [1.54, 1.807) is 31.4 Å². The van der Waals surface area contributed by atoms with E-state index in [0.717, 1.165) is 22.5 Å². The molecule has 1 heterocycles. The highest BCUT2D eigenvalue weighted by atomic mass is 16.5. The van der Waals surface area contributed by atoms with Gasteiger partial charge < -0.3 is 14.5 Å². The van der Waals surface area contributed by atoms with E-state index in [-0.39, 0.29) is 23.8 Å². The van der Waals surface area contributed by atoms with Crippen molar-refractivity contribution in [2.45, 2.75) is 46.1 Å². The van der Waals surface area contributed by atoms with Gasteiger partial charge >= 0.3 is 0 Å². The molecule has 176 valence electrons. The topological polar surface area (TPSA) is 49.9 Å². The van der Waals surface area contributed by atoms with Gasteiger partial charge in [-0.15, -0.1) is 0 Å². The number of carbonyl (C=O) groups excluding carboxylic acids is 2. The van der Waals surface area contributed by atoms with Gasteiger partial charge in [0.1, 0.15) is 5.75 Å². The van der Waals surface area contributed by atoms with Gasteiger partial charge in [0.15, 0.2) is 0 Å². The Kier molecular flexibility index (Phi) is 6.73. The second-order valence-electron chi connectivity index (χ2n) is 8.95. The first kappa shape index (κ1) is 23.6. The van der Waals surface area contributed by atoms with E-state index >= 15 is 0 Å². The van der Waals surface area contributed by atoms with E-state index < -0.39 is 0 Å². The van der Waals surface area contributed by atoms with E-state index in [1.807, 2.05) is 54.0 Å². The molecule has 1 aliphatic rings. The third kappa shape index (κ3) is 4.30. The third-order valence-electron chi connectivity index (χ3n) is 6.83. The molecule has 0 aliphatic carbocycles. The molecule has 5 nitrogen and oxygen atoms in total. The predicted molar refractivity (Wildman–Crippen MR) is 137 cm³/mol.